The minimum Gasteiger partial charge on any atom is -0.445 e. The molecule has 2 saturated carbocycles. The fourth-order valence-electron chi connectivity index (χ4n) is 7.01. The Morgan fingerprint density at radius 2 is 1.69 bits per heavy atom. The van der Waals surface area contributed by atoms with Crippen molar-refractivity contribution in [3.8, 4) is 0 Å². The van der Waals surface area contributed by atoms with Gasteiger partial charge in [0.15, 0.2) is 5.85 Å². The van der Waals surface area contributed by atoms with Gasteiger partial charge in [-0.1, -0.05) is 86.2 Å². The second kappa shape index (κ2) is 18.8. The van der Waals surface area contributed by atoms with Crippen molar-refractivity contribution in [2.75, 3.05) is 20.3 Å². The number of alkyl carbamates (subject to hydrolysis) is 1. The summed E-state index contributed by atoms with van der Waals surface area (Å²) in [5.41, 5.74) is 1.55. The zero-order chi connectivity index (χ0) is 37.1. The van der Waals surface area contributed by atoms with Gasteiger partial charge in [-0.2, -0.15) is 0 Å². The summed E-state index contributed by atoms with van der Waals surface area (Å²) in [4.78, 5) is 42.9. The predicted octanol–water partition coefficient (Wildman–Crippen LogP) is 5.68. The number of benzene rings is 2. The zero-order valence-electron chi connectivity index (χ0n) is 30.4. The van der Waals surface area contributed by atoms with E-state index in [1.54, 1.807) is 50.1 Å². The number of aliphatic hydroxyl groups excluding tert-OH is 1. The fourth-order valence-corrected chi connectivity index (χ4v) is 10.6. The number of hydrogen-bond donors (Lipinski definition) is 3. The third-order valence-electron chi connectivity index (χ3n) is 10.2. The largest absolute Gasteiger partial charge is 0.445 e. The Morgan fingerprint density at radius 3 is 2.29 bits per heavy atom. The predicted molar refractivity (Wildman–Crippen MR) is 202 cm³/mol. The Morgan fingerprint density at radius 1 is 1.04 bits per heavy atom. The lowest BCUT2D eigenvalue weighted by molar-refractivity contribution is -0.134. The molecule has 282 valence electrons. The Hall–Kier alpha value is -2.73. The summed E-state index contributed by atoms with van der Waals surface area (Å²) in [7, 11) is -2.27. The number of ether oxygens (including phenoxy) is 1. The number of amides is 3. The SMILES string of the molecule is CCOP(=O)(OCC)C(O)C([SiH3])(CCC(=O)N(C)C1(Cc2ccccc2)CC1)NC(=O)[C@H](CC1CCCCC1)NC(=O)OCc1cccc(Cl)c1. The molecule has 0 aliphatic heterocycles. The maximum atomic E-state index is 14.2. The summed E-state index contributed by atoms with van der Waals surface area (Å²) < 4.78 is 30.5. The molecule has 11 nitrogen and oxygen atoms in total. The molecule has 2 aliphatic carbocycles. The van der Waals surface area contributed by atoms with Gasteiger partial charge in [-0.15, -0.1) is 0 Å². The number of hydrogen-bond acceptors (Lipinski definition) is 8. The second-order valence-electron chi connectivity index (χ2n) is 14.1. The third-order valence-corrected chi connectivity index (χ3v) is 14.6. The molecule has 2 unspecified atom stereocenters. The maximum Gasteiger partial charge on any atom is 0.408 e. The molecule has 51 heavy (non-hydrogen) atoms. The average molecular weight is 764 g/mol. The molecule has 2 aromatic rings. The van der Waals surface area contributed by atoms with Crippen molar-refractivity contribution < 1.29 is 37.8 Å². The van der Waals surface area contributed by atoms with Crippen molar-refractivity contribution in [3.05, 3.63) is 70.7 Å². The minimum absolute atomic E-state index is 0.00375. The number of likely N-dealkylation sites (N-methyl/N-ethyl adjacent to an activating group) is 1. The van der Waals surface area contributed by atoms with Gasteiger partial charge < -0.3 is 34.4 Å². The third kappa shape index (κ3) is 11.6. The van der Waals surface area contributed by atoms with Crippen LogP contribution in [0.1, 0.15) is 89.2 Å². The second-order valence-corrected chi connectivity index (χ2v) is 18.4. The quantitative estimate of drug-likeness (QED) is 0.123. The average Bonchev–Trinajstić information content (AvgIpc) is 3.90. The molecule has 2 aliphatic rings. The lowest BCUT2D eigenvalue weighted by Crippen LogP contribution is -2.62. The lowest BCUT2D eigenvalue weighted by Gasteiger charge is -2.40. The zero-order valence-corrected chi connectivity index (χ0v) is 34.1. The summed E-state index contributed by atoms with van der Waals surface area (Å²) in [6, 6.07) is 16.0. The van der Waals surface area contributed by atoms with Crippen molar-refractivity contribution >= 4 is 47.3 Å². The van der Waals surface area contributed by atoms with E-state index in [9.17, 15) is 24.1 Å². The van der Waals surface area contributed by atoms with E-state index in [2.05, 4.69) is 22.8 Å². The van der Waals surface area contributed by atoms with E-state index < -0.39 is 36.6 Å². The highest BCUT2D eigenvalue weighted by molar-refractivity contribution is 7.54. The van der Waals surface area contributed by atoms with Gasteiger partial charge in [0.1, 0.15) is 12.6 Å². The molecule has 2 fully saturated rings. The first kappa shape index (κ1) is 41.0. The highest BCUT2D eigenvalue weighted by atomic mass is 35.5. The summed E-state index contributed by atoms with van der Waals surface area (Å²) >= 11 is 6.09. The molecule has 0 heterocycles. The van der Waals surface area contributed by atoms with Crippen LogP contribution in [0.2, 0.25) is 5.02 Å². The van der Waals surface area contributed by atoms with Crippen molar-refractivity contribution in [2.45, 2.75) is 114 Å². The van der Waals surface area contributed by atoms with E-state index >= 15 is 0 Å². The molecule has 3 atom stereocenters. The van der Waals surface area contributed by atoms with Crippen molar-refractivity contribution in [1.82, 2.24) is 15.5 Å². The van der Waals surface area contributed by atoms with Crippen LogP contribution in [-0.2, 0) is 41.0 Å². The molecule has 3 N–H and O–H groups in total. The Balaban J connectivity index is 1.53. The number of carbonyl (C=O) groups excluding carboxylic acids is 3. The highest BCUT2D eigenvalue weighted by Crippen LogP contribution is 2.55. The van der Waals surface area contributed by atoms with Crippen LogP contribution < -0.4 is 10.6 Å². The summed E-state index contributed by atoms with van der Waals surface area (Å²) in [6.07, 6.45) is 7.09. The molecule has 14 heteroatoms. The van der Waals surface area contributed by atoms with Crippen LogP contribution in [0.15, 0.2) is 54.6 Å². The monoisotopic (exact) mass is 763 g/mol. The number of nitrogens with zero attached hydrogens (tertiary/aromatic N) is 1. The van der Waals surface area contributed by atoms with Crippen LogP contribution in [-0.4, -0.2) is 81.0 Å². The summed E-state index contributed by atoms with van der Waals surface area (Å²) in [5, 5.41) is 16.5. The smallest absolute Gasteiger partial charge is 0.408 e. The van der Waals surface area contributed by atoms with Crippen LogP contribution >= 0.6 is 19.2 Å². The fraction of sp³-hybridized carbons (Fsp3) is 0.595. The minimum atomic E-state index is -4.15. The van der Waals surface area contributed by atoms with Crippen LogP contribution in [0.5, 0.6) is 0 Å². The Kier molecular flexibility index (Phi) is 15.2. The van der Waals surface area contributed by atoms with Crippen LogP contribution in [0.4, 0.5) is 4.79 Å². The first-order chi connectivity index (χ1) is 24.3. The first-order valence-corrected chi connectivity index (χ1v) is 21.2. The van der Waals surface area contributed by atoms with Gasteiger partial charge in [-0.25, -0.2) is 4.79 Å². The number of rotatable bonds is 19. The first-order valence-electron chi connectivity index (χ1n) is 18.2. The van der Waals surface area contributed by atoms with Crippen LogP contribution in [0.25, 0.3) is 0 Å². The number of aliphatic hydroxyl groups is 1. The van der Waals surface area contributed by atoms with Gasteiger partial charge in [0.2, 0.25) is 11.8 Å². The van der Waals surface area contributed by atoms with E-state index in [1.165, 1.54) is 0 Å². The molecule has 3 amide bonds. The van der Waals surface area contributed by atoms with E-state index in [4.69, 9.17) is 25.4 Å². The molecule has 2 aromatic carbocycles. The Bertz CT molecular complexity index is 1500. The number of halogens is 1. The molecule has 4 rings (SSSR count). The normalized spacial score (nSPS) is 18.2. The van der Waals surface area contributed by atoms with Crippen LogP contribution in [0.3, 0.4) is 0 Å². The van der Waals surface area contributed by atoms with Gasteiger partial charge in [0.05, 0.1) is 18.4 Å². The van der Waals surface area contributed by atoms with Gasteiger partial charge >= 0.3 is 13.7 Å². The summed E-state index contributed by atoms with van der Waals surface area (Å²) in [5.74, 6) is -2.25. The van der Waals surface area contributed by atoms with Crippen molar-refractivity contribution in [1.29, 1.82) is 0 Å². The van der Waals surface area contributed by atoms with Gasteiger partial charge in [0, 0.05) is 34.3 Å². The van der Waals surface area contributed by atoms with E-state index in [0.717, 1.165) is 56.9 Å². The van der Waals surface area contributed by atoms with E-state index in [0.29, 0.717) is 17.0 Å². The molecular weight excluding hydrogens is 709 g/mol. The van der Waals surface area contributed by atoms with E-state index in [1.807, 2.05) is 18.2 Å². The number of carbonyl (C=O) groups is 3. The standard InChI is InChI=1S/C37H55ClN3O8PSi/c1-4-48-50(46,49-5-2)34(44)37(51,20-19-32(42)41(3)36(21-22-36)25-28-15-10-7-11-16-28)40-33(43)31(24-27-13-8-6-9-14-27)39-35(45)47-26-29-17-12-18-30(38)23-29/h7,10-12,15-18,23,27,31,34,44H,4-6,8-9,13-14,19-22,24-26H2,1-3,51H3,(H,39,45)(H,40,43)/t31-,34?,37?/m0/s1. The van der Waals surface area contributed by atoms with Crippen molar-refractivity contribution in [3.63, 3.8) is 0 Å². The topological polar surface area (TPSA) is 144 Å². The summed E-state index contributed by atoms with van der Waals surface area (Å²) in [6.45, 7) is 3.26. The van der Waals surface area contributed by atoms with Gasteiger partial charge in [0.25, 0.3) is 0 Å². The highest BCUT2D eigenvalue weighted by Gasteiger charge is 2.51. The van der Waals surface area contributed by atoms with E-state index in [-0.39, 0.29) is 60.3 Å². The molecule has 0 bridgehead atoms. The lowest BCUT2D eigenvalue weighted by atomic mass is 9.84. The molecule has 0 saturated heterocycles. The molecule has 0 spiro atoms. The molecule has 0 radical (unpaired) electrons. The molecular formula is C37H55ClN3O8PSi. The maximum absolute atomic E-state index is 14.2. The number of nitrogens with one attached hydrogen (secondary N) is 2. The Labute approximate surface area is 310 Å². The van der Waals surface area contributed by atoms with Crippen molar-refractivity contribution in [2.24, 2.45) is 5.92 Å². The molecule has 0 aromatic heterocycles. The van der Waals surface area contributed by atoms with Gasteiger partial charge in [-0.05, 0) is 75.1 Å². The van der Waals surface area contributed by atoms with Crippen LogP contribution in [0, 0.1) is 5.92 Å². The van der Waals surface area contributed by atoms with Gasteiger partial charge in [-0.3, -0.25) is 14.2 Å².